The summed E-state index contributed by atoms with van der Waals surface area (Å²) >= 11 is 0. The van der Waals surface area contributed by atoms with Crippen molar-refractivity contribution in [3.63, 3.8) is 0 Å². The zero-order valence-corrected chi connectivity index (χ0v) is 10.9. The summed E-state index contributed by atoms with van der Waals surface area (Å²) in [7, 11) is -1.87. The molecule has 4 nitrogen and oxygen atoms in total. The first-order valence-electron chi connectivity index (χ1n) is 5.61. The molecule has 1 radical (unpaired) electrons. The Labute approximate surface area is 112 Å². The van der Waals surface area contributed by atoms with Gasteiger partial charge in [0.25, 0.3) is 0 Å². The number of carboxylic acid groups (broad SMARTS) is 1. The highest BCUT2D eigenvalue weighted by atomic mass is 28.3. The van der Waals surface area contributed by atoms with Gasteiger partial charge in [-0.3, -0.25) is 0 Å². The Morgan fingerprint density at radius 2 is 1.26 bits per heavy atom. The molecule has 0 spiro atoms. The van der Waals surface area contributed by atoms with Crippen molar-refractivity contribution in [2.24, 2.45) is 0 Å². The molecule has 1 N–H and O–H groups in total. The van der Waals surface area contributed by atoms with E-state index in [1.54, 1.807) is 0 Å². The average molecular weight is 271 g/mol. The van der Waals surface area contributed by atoms with Gasteiger partial charge in [-0.15, -0.1) is 0 Å². The second kappa shape index (κ2) is 5.97. The molecule has 2 aromatic rings. The second-order valence-corrected chi connectivity index (χ2v) is 5.77. The highest BCUT2D eigenvalue weighted by Gasteiger charge is 2.26. The first-order valence-corrected chi connectivity index (χ1v) is 7.02. The van der Waals surface area contributed by atoms with Crippen molar-refractivity contribution < 1.29 is 19.1 Å². The largest absolute Gasteiger partial charge is 0.500 e. The van der Waals surface area contributed by atoms with Gasteiger partial charge in [0.15, 0.2) is 0 Å². The minimum absolute atomic E-state index is 0.827. The van der Waals surface area contributed by atoms with Crippen molar-refractivity contribution in [1.82, 2.24) is 0 Å². The van der Waals surface area contributed by atoms with E-state index >= 15 is 0 Å². The highest BCUT2D eigenvalue weighted by molar-refractivity contribution is 6.81. The van der Waals surface area contributed by atoms with Crippen molar-refractivity contribution in [3.8, 4) is 0 Å². The summed E-state index contributed by atoms with van der Waals surface area (Å²) in [4.78, 5) is 21.9. The summed E-state index contributed by atoms with van der Waals surface area (Å²) in [5.41, 5.74) is 0. The summed E-state index contributed by atoms with van der Waals surface area (Å²) in [5, 5.41) is 10.3. The summed E-state index contributed by atoms with van der Waals surface area (Å²) in [6, 6.07) is 18.4. The maximum Gasteiger partial charge on any atom is 0.413 e. The van der Waals surface area contributed by atoms with Crippen LogP contribution in [0.1, 0.15) is 0 Å². The lowest BCUT2D eigenvalue weighted by Crippen LogP contribution is -2.47. The first-order chi connectivity index (χ1) is 9.18. The van der Waals surface area contributed by atoms with Gasteiger partial charge in [0.2, 0.25) is 0 Å². The van der Waals surface area contributed by atoms with E-state index in [1.807, 2.05) is 60.7 Å². The number of rotatable bonds is 3. The predicted octanol–water partition coefficient (Wildman–Crippen LogP) is 0.420. The number of aliphatic carboxylic acids is 1. The number of carbonyl (C=O) groups excluding carboxylic acids is 1. The third-order valence-electron chi connectivity index (χ3n) is 2.44. The van der Waals surface area contributed by atoms with Gasteiger partial charge in [0, 0.05) is 0 Å². The van der Waals surface area contributed by atoms with E-state index < -0.39 is 21.0 Å². The topological polar surface area (TPSA) is 63.6 Å². The fourth-order valence-electron chi connectivity index (χ4n) is 1.60. The monoisotopic (exact) mass is 271 g/mol. The van der Waals surface area contributed by atoms with Crippen LogP contribution in [0.2, 0.25) is 0 Å². The van der Waals surface area contributed by atoms with Gasteiger partial charge in [0.1, 0.15) is 0 Å². The number of carbonyl (C=O) groups is 2. The number of hydrogen-bond acceptors (Lipinski definition) is 3. The van der Waals surface area contributed by atoms with E-state index in [2.05, 4.69) is 0 Å². The van der Waals surface area contributed by atoms with Crippen LogP contribution in [0.4, 0.5) is 0 Å². The van der Waals surface area contributed by atoms with Crippen molar-refractivity contribution in [2.75, 3.05) is 0 Å². The average Bonchev–Trinajstić information content (AvgIpc) is 2.46. The minimum Gasteiger partial charge on any atom is -0.500 e. The van der Waals surface area contributed by atoms with Crippen LogP contribution in [0.5, 0.6) is 0 Å². The molecule has 0 atom stereocenters. The molecule has 0 saturated carbocycles. The number of hydrogen-bond donors (Lipinski definition) is 1. The van der Waals surface area contributed by atoms with E-state index in [9.17, 15) is 9.59 Å². The third-order valence-corrected chi connectivity index (χ3v) is 4.55. The Bertz CT molecular complexity index is 529. The molecule has 0 unspecified atom stereocenters. The zero-order valence-electron chi connectivity index (χ0n) is 9.95. The quantitative estimate of drug-likeness (QED) is 0.649. The lowest BCUT2D eigenvalue weighted by molar-refractivity contribution is -0.158. The molecular formula is C14H11O4Si. The fraction of sp³-hybridized carbons (Fsp3) is 0. The molecule has 0 fully saturated rings. The molecule has 0 aromatic heterocycles. The SMILES string of the molecule is O=C(O)C(=O)O[Si](c1ccccc1)c1ccccc1. The molecule has 5 heteroatoms. The highest BCUT2D eigenvalue weighted by Crippen LogP contribution is 1.95. The molecule has 0 heterocycles. The number of benzene rings is 2. The van der Waals surface area contributed by atoms with Gasteiger partial charge in [-0.2, -0.15) is 0 Å². The molecule has 0 saturated heterocycles. The Kier molecular flexibility index (Phi) is 4.10. The molecule has 2 rings (SSSR count). The third kappa shape index (κ3) is 3.29. The van der Waals surface area contributed by atoms with Gasteiger partial charge in [-0.05, 0) is 10.4 Å². The van der Waals surface area contributed by atoms with Crippen LogP contribution in [0.15, 0.2) is 60.7 Å². The Hall–Kier alpha value is -2.40. The van der Waals surface area contributed by atoms with Crippen molar-refractivity contribution >= 4 is 31.4 Å². The van der Waals surface area contributed by atoms with E-state index in [4.69, 9.17) is 9.53 Å². The Morgan fingerprint density at radius 1 is 0.842 bits per heavy atom. The predicted molar refractivity (Wildman–Crippen MR) is 71.6 cm³/mol. The molecule has 0 bridgehead atoms. The minimum atomic E-state index is -1.87. The standard InChI is InChI=1S/C14H11O4Si/c15-13(16)14(17)18-19(11-7-3-1-4-8-11)12-9-5-2-6-10-12/h1-10H,(H,15,16). The second-order valence-electron chi connectivity index (χ2n) is 3.76. The lowest BCUT2D eigenvalue weighted by Gasteiger charge is -2.14. The molecule has 0 aliphatic heterocycles. The van der Waals surface area contributed by atoms with Crippen molar-refractivity contribution in [3.05, 3.63) is 60.7 Å². The van der Waals surface area contributed by atoms with Crippen LogP contribution in [0.3, 0.4) is 0 Å². The van der Waals surface area contributed by atoms with Gasteiger partial charge < -0.3 is 9.53 Å². The van der Waals surface area contributed by atoms with Crippen LogP contribution >= 0.6 is 0 Å². The van der Waals surface area contributed by atoms with E-state index in [1.165, 1.54) is 0 Å². The van der Waals surface area contributed by atoms with Crippen LogP contribution in [-0.4, -0.2) is 26.1 Å². The molecule has 19 heavy (non-hydrogen) atoms. The smallest absolute Gasteiger partial charge is 0.413 e. The summed E-state index contributed by atoms with van der Waals surface area (Å²) in [5.74, 6) is -2.80. The maximum absolute atomic E-state index is 11.3. The first kappa shape index (κ1) is 13.0. The molecule has 2 aromatic carbocycles. The van der Waals surface area contributed by atoms with E-state index in [0.717, 1.165) is 10.4 Å². The van der Waals surface area contributed by atoms with Crippen LogP contribution in [0.25, 0.3) is 0 Å². The Morgan fingerprint density at radius 3 is 1.63 bits per heavy atom. The normalized spacial score (nSPS) is 10.2. The molecule has 0 aliphatic rings. The van der Waals surface area contributed by atoms with Gasteiger partial charge in [-0.1, -0.05) is 60.7 Å². The molecule has 0 aliphatic carbocycles. The van der Waals surface area contributed by atoms with Gasteiger partial charge in [-0.25, -0.2) is 9.59 Å². The maximum atomic E-state index is 11.3. The van der Waals surface area contributed by atoms with E-state index in [-0.39, 0.29) is 0 Å². The van der Waals surface area contributed by atoms with Gasteiger partial charge in [0.05, 0.1) is 0 Å². The van der Waals surface area contributed by atoms with Crippen LogP contribution < -0.4 is 10.4 Å². The molecule has 0 amide bonds. The molecular weight excluding hydrogens is 260 g/mol. The van der Waals surface area contributed by atoms with Crippen molar-refractivity contribution in [1.29, 1.82) is 0 Å². The zero-order chi connectivity index (χ0) is 13.7. The Balaban J connectivity index is 2.34. The number of carboxylic acids is 1. The lowest BCUT2D eigenvalue weighted by atomic mass is 10.4. The van der Waals surface area contributed by atoms with Crippen molar-refractivity contribution in [2.45, 2.75) is 0 Å². The van der Waals surface area contributed by atoms with E-state index in [0.29, 0.717) is 0 Å². The summed E-state index contributed by atoms with van der Waals surface area (Å²) in [6.07, 6.45) is 0. The summed E-state index contributed by atoms with van der Waals surface area (Å²) < 4.78 is 5.15. The fourth-order valence-corrected chi connectivity index (χ4v) is 3.43. The van der Waals surface area contributed by atoms with Crippen LogP contribution in [0, 0.1) is 0 Å². The summed E-state index contributed by atoms with van der Waals surface area (Å²) in [6.45, 7) is 0. The van der Waals surface area contributed by atoms with Crippen LogP contribution in [-0.2, 0) is 14.0 Å². The molecule has 95 valence electrons. The van der Waals surface area contributed by atoms with Gasteiger partial charge >= 0.3 is 21.0 Å².